The molecule has 1 fully saturated rings. The maximum atomic E-state index is 12.5. The van der Waals surface area contributed by atoms with Gasteiger partial charge in [-0.3, -0.25) is 14.7 Å². The lowest BCUT2D eigenvalue weighted by Gasteiger charge is -2.26. The minimum absolute atomic E-state index is 0.0234. The summed E-state index contributed by atoms with van der Waals surface area (Å²) in [5.41, 5.74) is 1.93. The van der Waals surface area contributed by atoms with E-state index in [9.17, 15) is 4.79 Å². The number of amides is 1. The molecule has 0 spiro atoms. The summed E-state index contributed by atoms with van der Waals surface area (Å²) in [6.07, 6.45) is 3.97. The predicted molar refractivity (Wildman–Crippen MR) is 97.6 cm³/mol. The standard InChI is InChI=1S/C19H22ClN3O2/c20-17-5-3-15(4-6-17)19(16-2-1-8-21-14-16)22-18(24)7-9-23-10-12-25-13-11-23/h1-6,8,14,19H,7,9-13H2,(H,22,24)/t19-/m1/s1. The number of pyridine rings is 1. The first-order valence-electron chi connectivity index (χ1n) is 8.47. The highest BCUT2D eigenvalue weighted by Gasteiger charge is 2.18. The van der Waals surface area contributed by atoms with E-state index in [4.69, 9.17) is 16.3 Å². The van der Waals surface area contributed by atoms with E-state index in [1.54, 1.807) is 12.4 Å². The van der Waals surface area contributed by atoms with Gasteiger partial charge in [0.15, 0.2) is 0 Å². The lowest BCUT2D eigenvalue weighted by Crippen LogP contribution is -2.39. The molecular formula is C19H22ClN3O2. The van der Waals surface area contributed by atoms with Crippen LogP contribution in [0.15, 0.2) is 48.8 Å². The van der Waals surface area contributed by atoms with Crippen molar-refractivity contribution in [3.05, 3.63) is 64.9 Å². The van der Waals surface area contributed by atoms with Crippen LogP contribution in [-0.2, 0) is 9.53 Å². The van der Waals surface area contributed by atoms with Crippen LogP contribution in [-0.4, -0.2) is 48.6 Å². The number of carbonyl (C=O) groups excluding carboxylic acids is 1. The van der Waals surface area contributed by atoms with Crippen LogP contribution in [0.4, 0.5) is 0 Å². The van der Waals surface area contributed by atoms with E-state index in [-0.39, 0.29) is 11.9 Å². The van der Waals surface area contributed by atoms with Crippen LogP contribution in [0.3, 0.4) is 0 Å². The van der Waals surface area contributed by atoms with Crippen molar-refractivity contribution in [2.75, 3.05) is 32.8 Å². The normalized spacial score (nSPS) is 16.4. The van der Waals surface area contributed by atoms with Crippen molar-refractivity contribution in [2.24, 2.45) is 0 Å². The van der Waals surface area contributed by atoms with Crippen LogP contribution < -0.4 is 5.32 Å². The summed E-state index contributed by atoms with van der Waals surface area (Å²) in [5, 5.41) is 3.80. The van der Waals surface area contributed by atoms with Gasteiger partial charge < -0.3 is 10.1 Å². The number of hydrogen-bond acceptors (Lipinski definition) is 4. The number of nitrogens with one attached hydrogen (secondary N) is 1. The highest BCUT2D eigenvalue weighted by atomic mass is 35.5. The van der Waals surface area contributed by atoms with Crippen molar-refractivity contribution in [3.63, 3.8) is 0 Å². The molecule has 1 atom stereocenters. The van der Waals surface area contributed by atoms with Gasteiger partial charge in [0.1, 0.15) is 0 Å². The number of carbonyl (C=O) groups is 1. The number of nitrogens with zero attached hydrogens (tertiary/aromatic N) is 2. The molecule has 1 aliphatic heterocycles. The highest BCUT2D eigenvalue weighted by Crippen LogP contribution is 2.23. The van der Waals surface area contributed by atoms with Gasteiger partial charge in [-0.1, -0.05) is 29.8 Å². The zero-order valence-corrected chi connectivity index (χ0v) is 14.8. The zero-order valence-electron chi connectivity index (χ0n) is 14.0. The Kier molecular flexibility index (Phi) is 6.39. The zero-order chi connectivity index (χ0) is 17.5. The van der Waals surface area contributed by atoms with Gasteiger partial charge in [0.2, 0.25) is 5.91 Å². The smallest absolute Gasteiger partial charge is 0.222 e. The molecule has 5 nitrogen and oxygen atoms in total. The first kappa shape index (κ1) is 17.9. The van der Waals surface area contributed by atoms with Crippen LogP contribution in [0, 0.1) is 0 Å². The van der Waals surface area contributed by atoms with Crippen molar-refractivity contribution < 1.29 is 9.53 Å². The number of rotatable bonds is 6. The Hall–Kier alpha value is -1.95. The molecule has 1 amide bonds. The van der Waals surface area contributed by atoms with Crippen molar-refractivity contribution >= 4 is 17.5 Å². The maximum Gasteiger partial charge on any atom is 0.222 e. The molecule has 2 aromatic rings. The van der Waals surface area contributed by atoms with Gasteiger partial charge in [0, 0.05) is 43.5 Å². The fourth-order valence-electron chi connectivity index (χ4n) is 2.88. The van der Waals surface area contributed by atoms with Gasteiger partial charge >= 0.3 is 0 Å². The van der Waals surface area contributed by atoms with E-state index >= 15 is 0 Å². The van der Waals surface area contributed by atoms with E-state index < -0.39 is 0 Å². The molecule has 1 N–H and O–H groups in total. The number of halogens is 1. The first-order valence-corrected chi connectivity index (χ1v) is 8.85. The van der Waals surface area contributed by atoms with E-state index in [0.717, 1.165) is 44.0 Å². The Bertz CT molecular complexity index is 673. The van der Waals surface area contributed by atoms with Crippen LogP contribution in [0.2, 0.25) is 5.02 Å². The van der Waals surface area contributed by atoms with Crippen LogP contribution in [0.1, 0.15) is 23.6 Å². The number of hydrogen-bond donors (Lipinski definition) is 1. The molecule has 2 heterocycles. The Balaban J connectivity index is 1.66. The quantitative estimate of drug-likeness (QED) is 0.861. The van der Waals surface area contributed by atoms with Crippen LogP contribution in [0.5, 0.6) is 0 Å². The van der Waals surface area contributed by atoms with Crippen LogP contribution >= 0.6 is 11.6 Å². The van der Waals surface area contributed by atoms with E-state index in [1.165, 1.54) is 0 Å². The van der Waals surface area contributed by atoms with Gasteiger partial charge in [-0.25, -0.2) is 0 Å². The molecular weight excluding hydrogens is 338 g/mol. The summed E-state index contributed by atoms with van der Waals surface area (Å²) in [7, 11) is 0. The maximum absolute atomic E-state index is 12.5. The van der Waals surface area contributed by atoms with Crippen molar-refractivity contribution in [1.82, 2.24) is 15.2 Å². The minimum atomic E-state index is -0.233. The molecule has 1 aliphatic rings. The van der Waals surface area contributed by atoms with Crippen molar-refractivity contribution in [1.29, 1.82) is 0 Å². The second-order valence-electron chi connectivity index (χ2n) is 6.04. The number of benzene rings is 1. The molecule has 1 aromatic carbocycles. The molecule has 25 heavy (non-hydrogen) atoms. The van der Waals surface area contributed by atoms with Crippen molar-refractivity contribution in [2.45, 2.75) is 12.5 Å². The average Bonchev–Trinajstić information content (AvgIpc) is 2.67. The SMILES string of the molecule is O=C(CCN1CCOCC1)N[C@H](c1ccc(Cl)cc1)c1cccnc1. The van der Waals surface area contributed by atoms with E-state index in [2.05, 4.69) is 15.2 Å². The second kappa shape index (κ2) is 8.94. The third kappa shape index (κ3) is 5.26. The third-order valence-electron chi connectivity index (χ3n) is 4.29. The molecule has 6 heteroatoms. The Morgan fingerprint density at radius 1 is 1.20 bits per heavy atom. The number of morpholine rings is 1. The summed E-state index contributed by atoms with van der Waals surface area (Å²) >= 11 is 5.99. The van der Waals surface area contributed by atoms with Gasteiger partial charge in [-0.15, -0.1) is 0 Å². The Labute approximate surface area is 153 Å². The molecule has 0 aliphatic carbocycles. The summed E-state index contributed by atoms with van der Waals surface area (Å²) < 4.78 is 5.34. The summed E-state index contributed by atoms with van der Waals surface area (Å²) in [6, 6.07) is 11.1. The van der Waals surface area contributed by atoms with E-state index in [1.807, 2.05) is 36.4 Å². The Morgan fingerprint density at radius 2 is 1.96 bits per heavy atom. The summed E-state index contributed by atoms with van der Waals surface area (Å²) in [5.74, 6) is 0.0234. The molecule has 1 saturated heterocycles. The predicted octanol–water partition coefficient (Wildman–Crippen LogP) is 2.66. The number of ether oxygens (including phenoxy) is 1. The molecule has 132 valence electrons. The van der Waals surface area contributed by atoms with E-state index in [0.29, 0.717) is 11.4 Å². The third-order valence-corrected chi connectivity index (χ3v) is 4.54. The van der Waals surface area contributed by atoms with Crippen molar-refractivity contribution in [3.8, 4) is 0 Å². The molecule has 3 rings (SSSR count). The largest absolute Gasteiger partial charge is 0.379 e. The molecule has 0 saturated carbocycles. The fourth-order valence-corrected chi connectivity index (χ4v) is 3.00. The first-order chi connectivity index (χ1) is 12.2. The topological polar surface area (TPSA) is 54.5 Å². The Morgan fingerprint density at radius 3 is 2.64 bits per heavy atom. The molecule has 0 bridgehead atoms. The van der Waals surface area contributed by atoms with Gasteiger partial charge in [0.05, 0.1) is 19.3 Å². The lowest BCUT2D eigenvalue weighted by atomic mass is 10.00. The molecule has 1 aromatic heterocycles. The molecule has 0 unspecified atom stereocenters. The summed E-state index contributed by atoms with van der Waals surface area (Å²) in [4.78, 5) is 18.9. The molecule has 0 radical (unpaired) electrons. The number of aromatic nitrogens is 1. The second-order valence-corrected chi connectivity index (χ2v) is 6.48. The fraction of sp³-hybridized carbons (Fsp3) is 0.368. The van der Waals surface area contributed by atoms with Gasteiger partial charge in [-0.2, -0.15) is 0 Å². The minimum Gasteiger partial charge on any atom is -0.379 e. The summed E-state index contributed by atoms with van der Waals surface area (Å²) in [6.45, 7) is 4.00. The highest BCUT2D eigenvalue weighted by molar-refractivity contribution is 6.30. The average molecular weight is 360 g/mol. The van der Waals surface area contributed by atoms with Gasteiger partial charge in [-0.05, 0) is 29.3 Å². The van der Waals surface area contributed by atoms with Crippen LogP contribution in [0.25, 0.3) is 0 Å². The van der Waals surface area contributed by atoms with Gasteiger partial charge in [0.25, 0.3) is 0 Å². The lowest BCUT2D eigenvalue weighted by molar-refractivity contribution is -0.122. The monoisotopic (exact) mass is 359 g/mol.